The van der Waals surface area contributed by atoms with Crippen LogP contribution in [0.25, 0.3) is 0 Å². The number of anilines is 1. The van der Waals surface area contributed by atoms with Gasteiger partial charge in [0, 0.05) is 10.0 Å². The van der Waals surface area contributed by atoms with Crippen LogP contribution in [0.5, 0.6) is 0 Å². The summed E-state index contributed by atoms with van der Waals surface area (Å²) in [5.74, 6) is -0.794. The van der Waals surface area contributed by atoms with E-state index in [9.17, 15) is 9.18 Å². The molecule has 0 bridgehead atoms. The molecule has 0 saturated heterocycles. The van der Waals surface area contributed by atoms with E-state index in [2.05, 4.69) is 37.2 Å². The third-order valence-corrected chi connectivity index (χ3v) is 3.79. The van der Waals surface area contributed by atoms with Crippen LogP contribution in [0.3, 0.4) is 0 Å². The molecular weight excluding hydrogens is 391 g/mol. The highest BCUT2D eigenvalue weighted by molar-refractivity contribution is 9.10. The first-order chi connectivity index (χ1) is 9.51. The molecule has 0 saturated carbocycles. The molecule has 1 N–H and O–H groups in total. The van der Waals surface area contributed by atoms with E-state index in [0.29, 0.717) is 21.3 Å². The molecular formula is C14H7Br2FN2O. The molecule has 0 aliphatic rings. The van der Waals surface area contributed by atoms with Gasteiger partial charge in [0.25, 0.3) is 5.91 Å². The fraction of sp³-hybridized carbons (Fsp3) is 0. The molecule has 0 fully saturated rings. The van der Waals surface area contributed by atoms with Crippen molar-refractivity contribution in [2.45, 2.75) is 0 Å². The van der Waals surface area contributed by atoms with Gasteiger partial charge in [-0.25, -0.2) is 4.39 Å². The minimum absolute atomic E-state index is 0.226. The van der Waals surface area contributed by atoms with Crippen LogP contribution >= 0.6 is 31.9 Å². The van der Waals surface area contributed by atoms with Crippen LogP contribution in [0.2, 0.25) is 0 Å². The van der Waals surface area contributed by atoms with Crippen molar-refractivity contribution in [1.29, 1.82) is 5.26 Å². The number of hydrogen-bond donors (Lipinski definition) is 1. The first-order valence-corrected chi connectivity index (χ1v) is 7.06. The van der Waals surface area contributed by atoms with E-state index in [1.165, 1.54) is 18.2 Å². The Morgan fingerprint density at radius 1 is 1.15 bits per heavy atom. The number of carbonyl (C=O) groups excluding carboxylic acids is 1. The highest BCUT2D eigenvalue weighted by atomic mass is 79.9. The van der Waals surface area contributed by atoms with E-state index in [0.717, 1.165) is 0 Å². The number of rotatable bonds is 2. The Kier molecular flexibility index (Phi) is 4.53. The van der Waals surface area contributed by atoms with Gasteiger partial charge in [0.15, 0.2) is 0 Å². The molecule has 6 heteroatoms. The SMILES string of the molecule is N#Cc1ccc(NC(=O)c2ccc(F)c(Br)c2)c(Br)c1. The van der Waals surface area contributed by atoms with Crippen LogP contribution in [0, 0.1) is 17.1 Å². The Balaban J connectivity index is 2.23. The first-order valence-electron chi connectivity index (χ1n) is 5.47. The third kappa shape index (κ3) is 3.24. The van der Waals surface area contributed by atoms with Crippen LogP contribution in [-0.4, -0.2) is 5.91 Å². The van der Waals surface area contributed by atoms with Crippen molar-refractivity contribution >= 4 is 43.5 Å². The molecule has 0 radical (unpaired) electrons. The second-order valence-electron chi connectivity index (χ2n) is 3.89. The molecule has 20 heavy (non-hydrogen) atoms. The molecule has 100 valence electrons. The van der Waals surface area contributed by atoms with Gasteiger partial charge in [0.05, 0.1) is 21.8 Å². The topological polar surface area (TPSA) is 52.9 Å². The average Bonchev–Trinajstić information content (AvgIpc) is 2.43. The summed E-state index contributed by atoms with van der Waals surface area (Å²) in [6, 6.07) is 10.8. The molecule has 3 nitrogen and oxygen atoms in total. The van der Waals surface area contributed by atoms with E-state index in [1.54, 1.807) is 18.2 Å². The van der Waals surface area contributed by atoms with Crippen molar-refractivity contribution in [3.63, 3.8) is 0 Å². The first kappa shape index (κ1) is 14.7. The van der Waals surface area contributed by atoms with E-state index >= 15 is 0 Å². The van der Waals surface area contributed by atoms with Crippen LogP contribution in [-0.2, 0) is 0 Å². The fourth-order valence-electron chi connectivity index (χ4n) is 1.52. The standard InChI is InChI=1S/C14H7Br2FN2O/c15-10-6-9(2-3-12(10)17)14(20)19-13-4-1-8(7-18)5-11(13)16/h1-6H,(H,19,20). The number of nitrogens with one attached hydrogen (secondary N) is 1. The number of amides is 1. The third-order valence-electron chi connectivity index (χ3n) is 2.53. The van der Waals surface area contributed by atoms with Gasteiger partial charge in [-0.1, -0.05) is 0 Å². The van der Waals surface area contributed by atoms with Gasteiger partial charge in [-0.15, -0.1) is 0 Å². The average molecular weight is 398 g/mol. The minimum atomic E-state index is -0.430. The maximum Gasteiger partial charge on any atom is 0.255 e. The molecule has 2 aromatic carbocycles. The number of benzene rings is 2. The second-order valence-corrected chi connectivity index (χ2v) is 5.60. The molecule has 0 aromatic heterocycles. The van der Waals surface area contributed by atoms with Gasteiger partial charge in [-0.2, -0.15) is 5.26 Å². The van der Waals surface area contributed by atoms with Crippen molar-refractivity contribution in [2.75, 3.05) is 5.32 Å². The molecule has 0 aliphatic heterocycles. The number of halogens is 3. The van der Waals surface area contributed by atoms with E-state index < -0.39 is 5.82 Å². The Morgan fingerprint density at radius 2 is 1.90 bits per heavy atom. The van der Waals surface area contributed by atoms with Gasteiger partial charge in [0.2, 0.25) is 0 Å². The van der Waals surface area contributed by atoms with Gasteiger partial charge >= 0.3 is 0 Å². The summed E-state index contributed by atoms with van der Waals surface area (Å²) in [5, 5.41) is 11.5. The van der Waals surface area contributed by atoms with Crippen LogP contribution < -0.4 is 5.32 Å². The Bertz CT molecular complexity index is 726. The van der Waals surface area contributed by atoms with Gasteiger partial charge < -0.3 is 5.32 Å². The van der Waals surface area contributed by atoms with Crippen molar-refractivity contribution < 1.29 is 9.18 Å². The molecule has 0 spiro atoms. The van der Waals surface area contributed by atoms with E-state index in [-0.39, 0.29) is 10.4 Å². The number of hydrogen-bond acceptors (Lipinski definition) is 2. The van der Waals surface area contributed by atoms with Gasteiger partial charge in [-0.3, -0.25) is 4.79 Å². The Morgan fingerprint density at radius 3 is 2.50 bits per heavy atom. The summed E-state index contributed by atoms with van der Waals surface area (Å²) in [4.78, 5) is 12.0. The lowest BCUT2D eigenvalue weighted by Crippen LogP contribution is -2.12. The quantitative estimate of drug-likeness (QED) is 0.812. The maximum absolute atomic E-state index is 13.1. The normalized spacial score (nSPS) is 9.90. The van der Waals surface area contributed by atoms with Crippen LogP contribution in [0.1, 0.15) is 15.9 Å². The molecule has 1 amide bonds. The summed E-state index contributed by atoms with van der Waals surface area (Å²) in [5.41, 5.74) is 1.35. The second kappa shape index (κ2) is 6.16. The van der Waals surface area contributed by atoms with Crippen molar-refractivity contribution in [2.24, 2.45) is 0 Å². The Labute approximate surface area is 131 Å². The maximum atomic E-state index is 13.1. The van der Waals surface area contributed by atoms with E-state index in [1.807, 2.05) is 6.07 Å². The number of nitriles is 1. The van der Waals surface area contributed by atoms with E-state index in [4.69, 9.17) is 5.26 Å². The molecule has 0 heterocycles. The highest BCUT2D eigenvalue weighted by Crippen LogP contribution is 2.24. The van der Waals surface area contributed by atoms with Crippen LogP contribution in [0.4, 0.5) is 10.1 Å². The summed E-state index contributed by atoms with van der Waals surface area (Å²) in [6.07, 6.45) is 0. The molecule has 2 aromatic rings. The van der Waals surface area contributed by atoms with Crippen molar-refractivity contribution in [3.05, 3.63) is 62.3 Å². The minimum Gasteiger partial charge on any atom is -0.321 e. The number of carbonyl (C=O) groups is 1. The molecule has 2 rings (SSSR count). The Hall–Kier alpha value is -1.71. The molecule has 0 aliphatic carbocycles. The van der Waals surface area contributed by atoms with Crippen molar-refractivity contribution in [1.82, 2.24) is 0 Å². The number of nitrogens with zero attached hydrogens (tertiary/aromatic N) is 1. The largest absolute Gasteiger partial charge is 0.321 e. The lowest BCUT2D eigenvalue weighted by atomic mass is 10.2. The zero-order valence-electron chi connectivity index (χ0n) is 9.95. The summed E-state index contributed by atoms with van der Waals surface area (Å²) < 4.78 is 13.9. The highest BCUT2D eigenvalue weighted by Gasteiger charge is 2.10. The lowest BCUT2D eigenvalue weighted by Gasteiger charge is -2.08. The summed E-state index contributed by atoms with van der Waals surface area (Å²) >= 11 is 6.31. The molecule has 0 unspecified atom stereocenters. The predicted molar refractivity (Wildman–Crippen MR) is 80.9 cm³/mol. The lowest BCUT2D eigenvalue weighted by molar-refractivity contribution is 0.102. The monoisotopic (exact) mass is 396 g/mol. The van der Waals surface area contributed by atoms with Crippen LogP contribution in [0.15, 0.2) is 45.3 Å². The zero-order chi connectivity index (χ0) is 14.7. The fourth-order valence-corrected chi connectivity index (χ4v) is 2.37. The molecule has 0 atom stereocenters. The summed E-state index contributed by atoms with van der Waals surface area (Å²) in [7, 11) is 0. The summed E-state index contributed by atoms with van der Waals surface area (Å²) in [6.45, 7) is 0. The predicted octanol–water partition coefficient (Wildman–Crippen LogP) is 4.47. The van der Waals surface area contributed by atoms with Gasteiger partial charge in [-0.05, 0) is 68.3 Å². The van der Waals surface area contributed by atoms with Crippen molar-refractivity contribution in [3.8, 4) is 6.07 Å². The zero-order valence-corrected chi connectivity index (χ0v) is 13.1. The smallest absolute Gasteiger partial charge is 0.255 e. The van der Waals surface area contributed by atoms with Gasteiger partial charge in [0.1, 0.15) is 5.82 Å².